The average Bonchev–Trinajstić information content (AvgIpc) is 2.99. The molecule has 2 heteroatoms. The van der Waals surface area contributed by atoms with Gasteiger partial charge in [-0.3, -0.25) is 4.90 Å². The van der Waals surface area contributed by atoms with E-state index in [1.807, 2.05) is 0 Å². The van der Waals surface area contributed by atoms with Crippen LogP contribution in [0, 0.1) is 5.41 Å². The molecule has 0 spiro atoms. The Morgan fingerprint density at radius 2 is 2.05 bits per heavy atom. The Balaban J connectivity index is 1.85. The first-order valence-corrected chi connectivity index (χ1v) is 8.68. The maximum atomic E-state index is 2.80. The molecule has 21 heavy (non-hydrogen) atoms. The zero-order valence-electron chi connectivity index (χ0n) is 12.9. The number of aromatic nitrogens is 1. The lowest BCUT2D eigenvalue weighted by Gasteiger charge is -2.40. The van der Waals surface area contributed by atoms with Crippen LogP contribution in [0.2, 0.25) is 0 Å². The molecular formula is C19H24N2. The minimum absolute atomic E-state index is 0.553. The van der Waals surface area contributed by atoms with Crippen LogP contribution in [0.4, 0.5) is 0 Å². The van der Waals surface area contributed by atoms with Crippen molar-refractivity contribution in [3.63, 3.8) is 0 Å². The van der Waals surface area contributed by atoms with E-state index in [0.29, 0.717) is 11.5 Å². The van der Waals surface area contributed by atoms with E-state index in [-0.39, 0.29) is 0 Å². The largest absolute Gasteiger partial charge is 0.343 e. The average molecular weight is 280 g/mol. The normalized spacial score (nSPS) is 31.4. The van der Waals surface area contributed by atoms with Gasteiger partial charge < -0.3 is 4.57 Å². The van der Waals surface area contributed by atoms with Crippen LogP contribution >= 0.6 is 0 Å². The van der Waals surface area contributed by atoms with Crippen LogP contribution in [0.3, 0.4) is 0 Å². The summed E-state index contributed by atoms with van der Waals surface area (Å²) < 4.78 is 2.68. The lowest BCUT2D eigenvalue weighted by molar-refractivity contribution is 0.129. The first-order valence-electron chi connectivity index (χ1n) is 8.68. The van der Waals surface area contributed by atoms with E-state index in [9.17, 15) is 0 Å². The van der Waals surface area contributed by atoms with Crippen molar-refractivity contribution >= 4 is 10.9 Å². The molecule has 4 heterocycles. The van der Waals surface area contributed by atoms with Crippen molar-refractivity contribution < 1.29 is 0 Å². The van der Waals surface area contributed by atoms with Gasteiger partial charge in [0.05, 0.1) is 6.04 Å². The van der Waals surface area contributed by atoms with Crippen LogP contribution in [0.1, 0.15) is 49.9 Å². The fraction of sp³-hybridized carbons (Fsp3) is 0.579. The van der Waals surface area contributed by atoms with Gasteiger partial charge in [-0.05, 0) is 55.7 Å². The molecule has 110 valence electrons. The first kappa shape index (κ1) is 12.3. The lowest BCUT2D eigenvalue weighted by Crippen LogP contribution is -2.37. The van der Waals surface area contributed by atoms with E-state index in [2.05, 4.69) is 40.7 Å². The summed E-state index contributed by atoms with van der Waals surface area (Å²) in [6.45, 7) is 6.24. The molecular weight excluding hydrogens is 256 g/mol. The van der Waals surface area contributed by atoms with Gasteiger partial charge in [0.1, 0.15) is 0 Å². The van der Waals surface area contributed by atoms with Gasteiger partial charge >= 0.3 is 0 Å². The van der Waals surface area contributed by atoms with Gasteiger partial charge in [0.25, 0.3) is 0 Å². The predicted octanol–water partition coefficient (Wildman–Crippen LogP) is 4.13. The van der Waals surface area contributed by atoms with Gasteiger partial charge in [0.2, 0.25) is 0 Å². The molecule has 1 saturated heterocycles. The highest BCUT2D eigenvalue weighted by molar-refractivity contribution is 5.86. The fourth-order valence-electron chi connectivity index (χ4n) is 5.59. The Kier molecular flexibility index (Phi) is 2.42. The van der Waals surface area contributed by atoms with Gasteiger partial charge in [0, 0.05) is 29.7 Å². The Bertz CT molecular complexity index is 714. The third-order valence-corrected chi connectivity index (χ3v) is 6.63. The molecule has 5 rings (SSSR count). The standard InChI is InChI=1S/C19H24N2/c1-2-19-9-5-11-21-16-7-4-3-6-14(16)15-8-12-20(13-10-19)18(19)17(15)21/h3-4,6-7,18H,2,5,8-13H2,1H3/t18-,19+/m1/s1. The first-order chi connectivity index (χ1) is 10.3. The molecule has 0 amide bonds. The maximum Gasteiger partial charge on any atom is 0.0560 e. The molecule has 0 saturated carbocycles. The minimum Gasteiger partial charge on any atom is -0.343 e. The van der Waals surface area contributed by atoms with Crippen molar-refractivity contribution in [1.82, 2.24) is 9.47 Å². The minimum atomic E-state index is 0.553. The molecule has 0 bridgehead atoms. The molecule has 1 aromatic carbocycles. The maximum absolute atomic E-state index is 2.80. The summed E-state index contributed by atoms with van der Waals surface area (Å²) in [4.78, 5) is 2.80. The lowest BCUT2D eigenvalue weighted by atomic mass is 9.72. The Morgan fingerprint density at radius 3 is 2.95 bits per heavy atom. The third-order valence-electron chi connectivity index (χ3n) is 6.63. The number of hydrogen-bond donors (Lipinski definition) is 0. The van der Waals surface area contributed by atoms with Gasteiger partial charge in [0.15, 0.2) is 0 Å². The predicted molar refractivity (Wildman–Crippen MR) is 86.5 cm³/mol. The summed E-state index contributed by atoms with van der Waals surface area (Å²) in [7, 11) is 0. The molecule has 1 fully saturated rings. The van der Waals surface area contributed by atoms with Crippen LogP contribution in [0.15, 0.2) is 24.3 Å². The van der Waals surface area contributed by atoms with Crippen molar-refractivity contribution in [2.24, 2.45) is 5.41 Å². The summed E-state index contributed by atoms with van der Waals surface area (Å²) in [5, 5.41) is 1.53. The Hall–Kier alpha value is -1.28. The molecule has 0 aliphatic carbocycles. The SMILES string of the molecule is CC[C@]12CCCn3c4c(c5ccccc53)CCN(CC1)[C@H]42. The van der Waals surface area contributed by atoms with Crippen LogP contribution in [-0.2, 0) is 13.0 Å². The highest BCUT2D eigenvalue weighted by atomic mass is 15.2. The monoisotopic (exact) mass is 280 g/mol. The second-order valence-corrected chi connectivity index (χ2v) is 7.29. The Labute approximate surface area is 126 Å². The van der Waals surface area contributed by atoms with Crippen molar-refractivity contribution in [1.29, 1.82) is 0 Å². The van der Waals surface area contributed by atoms with E-state index in [1.165, 1.54) is 62.6 Å². The summed E-state index contributed by atoms with van der Waals surface area (Å²) >= 11 is 0. The van der Waals surface area contributed by atoms with Gasteiger partial charge in [-0.1, -0.05) is 25.1 Å². The number of fused-ring (bicyclic) bond motifs is 3. The Morgan fingerprint density at radius 1 is 1.14 bits per heavy atom. The summed E-state index contributed by atoms with van der Waals surface area (Å²) in [6.07, 6.45) is 6.77. The highest BCUT2D eigenvalue weighted by Crippen LogP contribution is 2.57. The van der Waals surface area contributed by atoms with E-state index in [1.54, 1.807) is 11.3 Å². The number of nitrogens with zero attached hydrogens (tertiary/aromatic N) is 2. The van der Waals surface area contributed by atoms with Crippen LogP contribution in [-0.4, -0.2) is 22.6 Å². The second kappa shape index (κ2) is 4.13. The topological polar surface area (TPSA) is 8.17 Å². The fourth-order valence-corrected chi connectivity index (χ4v) is 5.59. The van der Waals surface area contributed by atoms with E-state index < -0.39 is 0 Å². The van der Waals surface area contributed by atoms with E-state index in [4.69, 9.17) is 0 Å². The zero-order chi connectivity index (χ0) is 14.0. The summed E-state index contributed by atoms with van der Waals surface area (Å²) in [6, 6.07) is 9.81. The molecule has 3 aliphatic heterocycles. The van der Waals surface area contributed by atoms with Gasteiger partial charge in [-0.25, -0.2) is 0 Å². The molecule has 1 aromatic heterocycles. The quantitative estimate of drug-likeness (QED) is 0.762. The molecule has 0 unspecified atom stereocenters. The molecule has 0 N–H and O–H groups in total. The van der Waals surface area contributed by atoms with Crippen LogP contribution in [0.25, 0.3) is 10.9 Å². The van der Waals surface area contributed by atoms with Crippen molar-refractivity contribution in [3.8, 4) is 0 Å². The zero-order valence-corrected chi connectivity index (χ0v) is 12.9. The molecule has 2 nitrogen and oxygen atoms in total. The molecule has 0 radical (unpaired) electrons. The van der Waals surface area contributed by atoms with Crippen molar-refractivity contribution in [3.05, 3.63) is 35.5 Å². The number of benzene rings is 1. The molecule has 2 aromatic rings. The van der Waals surface area contributed by atoms with Gasteiger partial charge in [-0.15, -0.1) is 0 Å². The molecule has 2 atom stereocenters. The van der Waals surface area contributed by atoms with Crippen molar-refractivity contribution in [2.75, 3.05) is 13.1 Å². The van der Waals surface area contributed by atoms with E-state index in [0.717, 1.165) is 0 Å². The third kappa shape index (κ3) is 1.42. The van der Waals surface area contributed by atoms with E-state index >= 15 is 0 Å². The number of para-hydroxylation sites is 1. The molecule has 3 aliphatic rings. The van der Waals surface area contributed by atoms with Crippen molar-refractivity contribution in [2.45, 2.75) is 51.6 Å². The highest BCUT2D eigenvalue weighted by Gasteiger charge is 2.51. The van der Waals surface area contributed by atoms with Gasteiger partial charge in [-0.2, -0.15) is 0 Å². The van der Waals surface area contributed by atoms with Crippen LogP contribution < -0.4 is 0 Å². The number of rotatable bonds is 1. The second-order valence-electron chi connectivity index (χ2n) is 7.29. The summed E-state index contributed by atoms with van der Waals surface area (Å²) in [5.41, 5.74) is 5.41. The smallest absolute Gasteiger partial charge is 0.0560 e. The number of aryl methyl sites for hydroxylation is 1. The summed E-state index contributed by atoms with van der Waals surface area (Å²) in [5.74, 6) is 0. The van der Waals surface area contributed by atoms with Crippen LogP contribution in [0.5, 0.6) is 0 Å². The number of hydrogen-bond acceptors (Lipinski definition) is 1.